The highest BCUT2D eigenvalue weighted by Gasteiger charge is 2.03. The van der Waals surface area contributed by atoms with Crippen LogP contribution in [0.5, 0.6) is 0 Å². The topological polar surface area (TPSA) is 55.1 Å². The number of thioether (sulfide) groups is 1. The van der Waals surface area contributed by atoms with Crippen molar-refractivity contribution < 1.29 is 9.18 Å². The van der Waals surface area contributed by atoms with Crippen molar-refractivity contribution in [1.82, 2.24) is 5.32 Å². The summed E-state index contributed by atoms with van der Waals surface area (Å²) in [5, 5.41) is 2.55. The van der Waals surface area contributed by atoms with Gasteiger partial charge >= 0.3 is 0 Å². The fourth-order valence-electron chi connectivity index (χ4n) is 1.17. The number of nitrogens with two attached hydrogens (primary N) is 1. The number of carbonyl (C=O) groups is 1. The highest BCUT2D eigenvalue weighted by Crippen LogP contribution is 2.26. The highest BCUT2D eigenvalue weighted by molar-refractivity contribution is 7.99. The fraction of sp³-hybridized carbons (Fsp3) is 0.364. The minimum absolute atomic E-state index is 0.0211. The molecule has 0 radical (unpaired) electrons. The number of rotatable bonds is 5. The predicted molar refractivity (Wildman–Crippen MR) is 64.8 cm³/mol. The van der Waals surface area contributed by atoms with Gasteiger partial charge in [0.1, 0.15) is 5.82 Å². The summed E-state index contributed by atoms with van der Waals surface area (Å²) in [6, 6.07) is 4.31. The van der Waals surface area contributed by atoms with E-state index in [1.165, 1.54) is 23.9 Å². The molecule has 0 spiro atoms. The molecule has 3 nitrogen and oxygen atoms in total. The average molecular weight is 242 g/mol. The Bertz CT molecular complexity index is 371. The van der Waals surface area contributed by atoms with Gasteiger partial charge in [0.05, 0.1) is 0 Å². The maximum Gasteiger partial charge on any atom is 0.219 e. The number of nitrogens with one attached hydrogen (secondary N) is 1. The van der Waals surface area contributed by atoms with Crippen LogP contribution >= 0.6 is 11.8 Å². The summed E-state index contributed by atoms with van der Waals surface area (Å²) in [6.45, 7) is 0. The van der Waals surface area contributed by atoms with E-state index in [0.717, 1.165) is 17.1 Å². The summed E-state index contributed by atoms with van der Waals surface area (Å²) in [5.74, 6) is 0.483. The number of amides is 1. The molecule has 1 rings (SSSR count). The van der Waals surface area contributed by atoms with Gasteiger partial charge in [-0.3, -0.25) is 4.79 Å². The molecule has 88 valence electrons. The molecule has 0 unspecified atom stereocenters. The number of benzene rings is 1. The van der Waals surface area contributed by atoms with Crippen molar-refractivity contribution in [3.05, 3.63) is 24.0 Å². The van der Waals surface area contributed by atoms with Crippen LogP contribution in [0.25, 0.3) is 0 Å². The zero-order chi connectivity index (χ0) is 12.0. The molecule has 0 heterocycles. The first-order valence-electron chi connectivity index (χ1n) is 5.02. The van der Waals surface area contributed by atoms with Crippen LogP contribution in [0.4, 0.5) is 10.1 Å². The summed E-state index contributed by atoms with van der Waals surface area (Å²) in [7, 11) is 1.61. The van der Waals surface area contributed by atoms with E-state index >= 15 is 0 Å². The van der Waals surface area contributed by atoms with E-state index in [2.05, 4.69) is 5.32 Å². The van der Waals surface area contributed by atoms with Gasteiger partial charge in [-0.2, -0.15) is 0 Å². The molecule has 0 atom stereocenters. The van der Waals surface area contributed by atoms with Crippen molar-refractivity contribution in [2.45, 2.75) is 17.7 Å². The molecule has 0 saturated carbocycles. The summed E-state index contributed by atoms with van der Waals surface area (Å²) < 4.78 is 12.9. The second kappa shape index (κ2) is 6.37. The maximum absolute atomic E-state index is 12.9. The van der Waals surface area contributed by atoms with E-state index in [1.54, 1.807) is 13.1 Å². The molecule has 0 bridgehead atoms. The lowest BCUT2D eigenvalue weighted by atomic mass is 10.3. The van der Waals surface area contributed by atoms with Crippen molar-refractivity contribution >= 4 is 23.4 Å². The molecular formula is C11H15FN2OS. The normalized spacial score (nSPS) is 10.1. The Hall–Kier alpha value is -1.23. The third-order valence-corrected chi connectivity index (χ3v) is 3.22. The van der Waals surface area contributed by atoms with Crippen LogP contribution in [0.2, 0.25) is 0 Å². The van der Waals surface area contributed by atoms with E-state index in [4.69, 9.17) is 5.73 Å². The van der Waals surface area contributed by atoms with Gasteiger partial charge in [-0.15, -0.1) is 11.8 Å². The Kier molecular flexibility index (Phi) is 5.11. The molecule has 16 heavy (non-hydrogen) atoms. The second-order valence-electron chi connectivity index (χ2n) is 3.31. The lowest BCUT2D eigenvalue weighted by Gasteiger charge is -2.05. The molecule has 0 aliphatic carbocycles. The number of nitrogen functional groups attached to an aromatic ring is 1. The molecule has 1 amide bonds. The Balaban J connectivity index is 2.37. The molecular weight excluding hydrogens is 227 g/mol. The third-order valence-electron chi connectivity index (χ3n) is 2.06. The van der Waals surface area contributed by atoms with Gasteiger partial charge in [-0.05, 0) is 30.4 Å². The predicted octanol–water partition coefficient (Wildman–Crippen LogP) is 2.03. The van der Waals surface area contributed by atoms with Crippen molar-refractivity contribution in [2.75, 3.05) is 18.5 Å². The third kappa shape index (κ3) is 4.10. The van der Waals surface area contributed by atoms with E-state index < -0.39 is 0 Å². The first kappa shape index (κ1) is 12.8. The van der Waals surface area contributed by atoms with Crippen LogP contribution in [0.15, 0.2) is 23.1 Å². The zero-order valence-corrected chi connectivity index (χ0v) is 9.94. The molecule has 1 aromatic carbocycles. The fourth-order valence-corrected chi connectivity index (χ4v) is 2.11. The first-order valence-corrected chi connectivity index (χ1v) is 6.00. The lowest BCUT2D eigenvalue weighted by Crippen LogP contribution is -2.17. The number of halogens is 1. The maximum atomic E-state index is 12.9. The standard InChI is InChI=1S/C11H15FN2OS/c1-14-11(15)3-2-6-16-10-7-8(12)4-5-9(10)13/h4-5,7H,2-3,6,13H2,1H3,(H,14,15). The minimum Gasteiger partial charge on any atom is -0.398 e. The van der Waals surface area contributed by atoms with Crippen LogP contribution in [0, 0.1) is 5.82 Å². The number of carbonyl (C=O) groups excluding carboxylic acids is 1. The monoisotopic (exact) mass is 242 g/mol. The van der Waals surface area contributed by atoms with Gasteiger partial charge < -0.3 is 11.1 Å². The van der Waals surface area contributed by atoms with Gasteiger partial charge in [0.2, 0.25) is 5.91 Å². The van der Waals surface area contributed by atoms with Gasteiger partial charge in [0, 0.05) is 24.1 Å². The van der Waals surface area contributed by atoms with Crippen molar-refractivity contribution in [2.24, 2.45) is 0 Å². The molecule has 0 saturated heterocycles. The van der Waals surface area contributed by atoms with Crippen LogP contribution < -0.4 is 11.1 Å². The SMILES string of the molecule is CNC(=O)CCCSc1cc(F)ccc1N. The van der Waals surface area contributed by atoms with Gasteiger partial charge in [-0.1, -0.05) is 0 Å². The van der Waals surface area contributed by atoms with Gasteiger partial charge in [0.25, 0.3) is 0 Å². The second-order valence-corrected chi connectivity index (χ2v) is 4.44. The van der Waals surface area contributed by atoms with Crippen molar-refractivity contribution in [3.63, 3.8) is 0 Å². The summed E-state index contributed by atoms with van der Waals surface area (Å²) in [5.41, 5.74) is 6.27. The quantitative estimate of drug-likeness (QED) is 0.472. The number of hydrogen-bond donors (Lipinski definition) is 2. The molecule has 0 aliphatic heterocycles. The smallest absolute Gasteiger partial charge is 0.219 e. The van der Waals surface area contributed by atoms with E-state index in [9.17, 15) is 9.18 Å². The van der Waals surface area contributed by atoms with Crippen LogP contribution in [0.3, 0.4) is 0 Å². The van der Waals surface area contributed by atoms with Gasteiger partial charge in [0.15, 0.2) is 0 Å². The van der Waals surface area contributed by atoms with Crippen LogP contribution in [-0.4, -0.2) is 18.7 Å². The Morgan fingerprint density at radius 3 is 3.00 bits per heavy atom. The molecule has 3 N–H and O–H groups in total. The van der Waals surface area contributed by atoms with E-state index in [0.29, 0.717) is 12.1 Å². The molecule has 5 heteroatoms. The summed E-state index contributed by atoms with van der Waals surface area (Å²) in [6.07, 6.45) is 1.24. The Morgan fingerprint density at radius 1 is 1.56 bits per heavy atom. The Morgan fingerprint density at radius 2 is 2.31 bits per heavy atom. The van der Waals surface area contributed by atoms with Crippen LogP contribution in [-0.2, 0) is 4.79 Å². The molecule has 0 aromatic heterocycles. The Labute approximate surface area is 98.6 Å². The molecule has 1 aromatic rings. The number of anilines is 1. The minimum atomic E-state index is -0.289. The first-order chi connectivity index (χ1) is 7.63. The van der Waals surface area contributed by atoms with Crippen LogP contribution in [0.1, 0.15) is 12.8 Å². The number of hydrogen-bond acceptors (Lipinski definition) is 3. The largest absolute Gasteiger partial charge is 0.398 e. The van der Waals surface area contributed by atoms with E-state index in [-0.39, 0.29) is 11.7 Å². The zero-order valence-electron chi connectivity index (χ0n) is 9.13. The van der Waals surface area contributed by atoms with Crippen molar-refractivity contribution in [1.29, 1.82) is 0 Å². The molecule has 0 fully saturated rings. The average Bonchev–Trinajstić information content (AvgIpc) is 2.28. The molecule has 0 aliphatic rings. The van der Waals surface area contributed by atoms with Crippen molar-refractivity contribution in [3.8, 4) is 0 Å². The lowest BCUT2D eigenvalue weighted by molar-refractivity contribution is -0.120. The summed E-state index contributed by atoms with van der Waals surface area (Å²) in [4.78, 5) is 11.7. The van der Waals surface area contributed by atoms with Gasteiger partial charge in [-0.25, -0.2) is 4.39 Å². The van der Waals surface area contributed by atoms with E-state index in [1.807, 2.05) is 0 Å². The summed E-state index contributed by atoms with van der Waals surface area (Å²) >= 11 is 1.47. The highest BCUT2D eigenvalue weighted by atomic mass is 32.2.